The molecule has 0 aromatic carbocycles. The Morgan fingerprint density at radius 3 is 2.70 bits per heavy atom. The molecule has 5 nitrogen and oxygen atoms in total. The van der Waals surface area contributed by atoms with Gasteiger partial charge in [-0.2, -0.15) is 0 Å². The number of alkyl halides is 2. The number of hydrogen-bond acceptors (Lipinski definition) is 4. The molecule has 110 valence electrons. The quantitative estimate of drug-likeness (QED) is 0.841. The molecule has 1 fully saturated rings. The number of aromatic nitrogens is 1. The van der Waals surface area contributed by atoms with Gasteiger partial charge in [0, 0.05) is 31.0 Å². The van der Waals surface area contributed by atoms with Gasteiger partial charge in [-0.25, -0.2) is 18.6 Å². The van der Waals surface area contributed by atoms with E-state index in [1.54, 1.807) is 0 Å². The minimum Gasteiger partial charge on any atom is -0.410 e. The van der Waals surface area contributed by atoms with Gasteiger partial charge < -0.3 is 15.8 Å². The van der Waals surface area contributed by atoms with Crippen LogP contribution < -0.4 is 15.8 Å². The first-order valence-corrected chi connectivity index (χ1v) is 6.51. The van der Waals surface area contributed by atoms with Gasteiger partial charge in [-0.1, -0.05) is 11.6 Å². The highest BCUT2D eigenvalue weighted by atomic mass is 35.5. The zero-order valence-electron chi connectivity index (χ0n) is 10.5. The summed E-state index contributed by atoms with van der Waals surface area (Å²) in [5.74, 6) is -2.06. The number of nitrogens with one attached hydrogen (secondary N) is 1. The first-order chi connectivity index (χ1) is 9.34. The molecule has 1 aliphatic rings. The summed E-state index contributed by atoms with van der Waals surface area (Å²) in [5.41, 5.74) is 4.91. The molecule has 8 heteroatoms. The first kappa shape index (κ1) is 14.8. The van der Waals surface area contributed by atoms with Crippen molar-refractivity contribution in [3.05, 3.63) is 17.3 Å². The third-order valence-corrected chi connectivity index (χ3v) is 3.25. The van der Waals surface area contributed by atoms with Crippen LogP contribution >= 0.6 is 11.6 Å². The molecule has 0 aliphatic heterocycles. The van der Waals surface area contributed by atoms with Crippen LogP contribution in [0, 0.1) is 0 Å². The number of pyridine rings is 1. The maximum Gasteiger partial charge on any atom is 0.409 e. The highest BCUT2D eigenvalue weighted by Gasteiger charge is 2.34. The Morgan fingerprint density at radius 2 is 2.10 bits per heavy atom. The Hall–Kier alpha value is -1.63. The number of carbonyl (C=O) groups is 1. The summed E-state index contributed by atoms with van der Waals surface area (Å²) in [4.78, 5) is 14.7. The van der Waals surface area contributed by atoms with E-state index in [2.05, 4.69) is 10.3 Å². The molecule has 0 spiro atoms. The maximum absolute atomic E-state index is 13.1. The summed E-state index contributed by atoms with van der Waals surface area (Å²) < 4.78 is 30.8. The summed E-state index contributed by atoms with van der Waals surface area (Å²) >= 11 is 5.79. The number of carbonyl (C=O) groups excluding carboxylic acids is 1. The van der Waals surface area contributed by atoms with E-state index in [0.717, 1.165) is 0 Å². The lowest BCUT2D eigenvalue weighted by Crippen LogP contribution is -2.32. The van der Waals surface area contributed by atoms with Gasteiger partial charge in [0.2, 0.25) is 5.92 Å². The minimum atomic E-state index is -2.58. The summed E-state index contributed by atoms with van der Waals surface area (Å²) in [6.07, 6.45) is -0.595. The predicted octanol–water partition coefficient (Wildman–Crippen LogP) is 3.18. The number of nitrogens with two attached hydrogens (primary N) is 1. The van der Waals surface area contributed by atoms with Gasteiger partial charge in [0.25, 0.3) is 0 Å². The van der Waals surface area contributed by atoms with E-state index < -0.39 is 12.0 Å². The second-order valence-corrected chi connectivity index (χ2v) is 5.09. The van der Waals surface area contributed by atoms with E-state index in [9.17, 15) is 13.6 Å². The smallest absolute Gasteiger partial charge is 0.409 e. The minimum absolute atomic E-state index is 0.109. The standard InChI is InChI=1S/C12H14ClF2N3O2/c13-9-5-8(20-11(16)19)6-10(18-9)17-7-1-3-12(14,15)4-2-7/h5-7H,1-4H2,(H2,16,19)(H,17,18). The van der Waals surface area contributed by atoms with Crippen LogP contribution in [0.15, 0.2) is 12.1 Å². The highest BCUT2D eigenvalue weighted by Crippen LogP contribution is 2.34. The van der Waals surface area contributed by atoms with Crippen molar-refractivity contribution in [1.82, 2.24) is 4.98 Å². The lowest BCUT2D eigenvalue weighted by molar-refractivity contribution is -0.0361. The van der Waals surface area contributed by atoms with Crippen molar-refractivity contribution in [3.63, 3.8) is 0 Å². The fraction of sp³-hybridized carbons (Fsp3) is 0.500. The fourth-order valence-electron chi connectivity index (χ4n) is 2.12. The molecular weight excluding hydrogens is 292 g/mol. The average Bonchev–Trinajstić information content (AvgIpc) is 2.30. The van der Waals surface area contributed by atoms with Crippen LogP contribution in [0.4, 0.5) is 19.4 Å². The van der Waals surface area contributed by atoms with Gasteiger partial charge in [-0.3, -0.25) is 0 Å². The van der Waals surface area contributed by atoms with Gasteiger partial charge in [-0.15, -0.1) is 0 Å². The number of primary amides is 1. The third kappa shape index (κ3) is 4.19. The van der Waals surface area contributed by atoms with Crippen molar-refractivity contribution in [2.45, 2.75) is 37.6 Å². The second-order valence-electron chi connectivity index (χ2n) is 4.71. The van der Waals surface area contributed by atoms with Gasteiger partial charge in [0.05, 0.1) is 0 Å². The van der Waals surface area contributed by atoms with Crippen LogP contribution in [0.3, 0.4) is 0 Å². The maximum atomic E-state index is 13.1. The van der Waals surface area contributed by atoms with E-state index in [-0.39, 0.29) is 29.8 Å². The molecule has 1 aliphatic carbocycles. The van der Waals surface area contributed by atoms with Crippen LogP contribution in [0.25, 0.3) is 0 Å². The Bertz CT molecular complexity index is 503. The molecule has 0 atom stereocenters. The molecule has 1 saturated carbocycles. The van der Waals surface area contributed by atoms with Crippen molar-refractivity contribution < 1.29 is 18.3 Å². The predicted molar refractivity (Wildman–Crippen MR) is 70.3 cm³/mol. The Labute approximate surface area is 119 Å². The number of nitrogens with zero attached hydrogens (tertiary/aromatic N) is 1. The number of rotatable bonds is 3. The largest absolute Gasteiger partial charge is 0.410 e. The van der Waals surface area contributed by atoms with Crippen LogP contribution in [0.2, 0.25) is 5.15 Å². The van der Waals surface area contributed by atoms with Gasteiger partial charge >= 0.3 is 6.09 Å². The monoisotopic (exact) mass is 305 g/mol. The zero-order chi connectivity index (χ0) is 14.8. The van der Waals surface area contributed by atoms with Crippen LogP contribution in [0.1, 0.15) is 25.7 Å². The average molecular weight is 306 g/mol. The van der Waals surface area contributed by atoms with Gasteiger partial charge in [-0.05, 0) is 12.8 Å². The van der Waals surface area contributed by atoms with E-state index in [0.29, 0.717) is 18.7 Å². The highest BCUT2D eigenvalue weighted by molar-refractivity contribution is 6.29. The van der Waals surface area contributed by atoms with Crippen molar-refractivity contribution >= 4 is 23.5 Å². The number of anilines is 1. The van der Waals surface area contributed by atoms with E-state index in [1.807, 2.05) is 0 Å². The first-order valence-electron chi connectivity index (χ1n) is 6.13. The SMILES string of the molecule is NC(=O)Oc1cc(Cl)nc(NC2CCC(F)(F)CC2)c1. The van der Waals surface area contributed by atoms with Gasteiger partial charge in [0.15, 0.2) is 0 Å². The summed E-state index contributed by atoms with van der Waals surface area (Å²) in [6.45, 7) is 0. The topological polar surface area (TPSA) is 77.2 Å². The molecule has 20 heavy (non-hydrogen) atoms. The number of amides is 1. The Balaban J connectivity index is 2.02. The molecule has 0 unspecified atom stereocenters. The molecule has 0 bridgehead atoms. The molecule has 2 rings (SSSR count). The van der Waals surface area contributed by atoms with Crippen molar-refractivity contribution in [2.75, 3.05) is 5.32 Å². The van der Waals surface area contributed by atoms with E-state index in [4.69, 9.17) is 22.1 Å². The number of hydrogen-bond donors (Lipinski definition) is 2. The molecule has 1 amide bonds. The van der Waals surface area contributed by atoms with E-state index >= 15 is 0 Å². The zero-order valence-corrected chi connectivity index (χ0v) is 11.3. The van der Waals surface area contributed by atoms with Crippen LogP contribution in [-0.4, -0.2) is 23.0 Å². The second kappa shape index (κ2) is 5.78. The number of ether oxygens (including phenoxy) is 1. The van der Waals surface area contributed by atoms with Crippen molar-refractivity contribution in [3.8, 4) is 5.75 Å². The Morgan fingerprint density at radius 1 is 1.45 bits per heavy atom. The molecule has 1 aromatic rings. The van der Waals surface area contributed by atoms with Crippen molar-refractivity contribution in [2.24, 2.45) is 5.73 Å². The molecule has 0 radical (unpaired) electrons. The summed E-state index contributed by atoms with van der Waals surface area (Å²) in [5, 5.41) is 3.13. The van der Waals surface area contributed by atoms with Crippen LogP contribution in [-0.2, 0) is 0 Å². The molecule has 1 aromatic heterocycles. The molecule has 1 heterocycles. The molecule has 0 saturated heterocycles. The molecule has 3 N–H and O–H groups in total. The fourth-order valence-corrected chi connectivity index (χ4v) is 2.31. The summed E-state index contributed by atoms with van der Waals surface area (Å²) in [6, 6.07) is 2.68. The van der Waals surface area contributed by atoms with Gasteiger partial charge in [0.1, 0.15) is 16.7 Å². The summed E-state index contributed by atoms with van der Waals surface area (Å²) in [7, 11) is 0. The lowest BCUT2D eigenvalue weighted by atomic mass is 9.92. The number of halogens is 3. The van der Waals surface area contributed by atoms with E-state index in [1.165, 1.54) is 12.1 Å². The Kier molecular flexibility index (Phi) is 4.27. The lowest BCUT2D eigenvalue weighted by Gasteiger charge is -2.29. The third-order valence-electron chi connectivity index (χ3n) is 3.06. The van der Waals surface area contributed by atoms with Crippen LogP contribution in [0.5, 0.6) is 5.75 Å². The molecular formula is C12H14ClF2N3O2. The normalized spacial score (nSPS) is 18.6. The van der Waals surface area contributed by atoms with Crippen molar-refractivity contribution in [1.29, 1.82) is 0 Å².